The minimum absolute atomic E-state index is 0.0360. The van der Waals surface area contributed by atoms with Gasteiger partial charge in [0.1, 0.15) is 6.33 Å². The molecule has 1 aromatic heterocycles. The Morgan fingerprint density at radius 2 is 2.08 bits per heavy atom. The molecule has 1 saturated heterocycles. The molecule has 0 spiro atoms. The molecule has 0 radical (unpaired) electrons. The normalized spacial score (nSPS) is 17.0. The average Bonchev–Trinajstić information content (AvgIpc) is 3.34. The number of likely N-dealkylation sites (tertiary alicyclic amines) is 1. The van der Waals surface area contributed by atoms with Gasteiger partial charge >= 0.3 is 6.03 Å². The van der Waals surface area contributed by atoms with E-state index in [4.69, 9.17) is 0 Å². The monoisotopic (exact) mass is 349 g/mol. The number of nitrogens with zero attached hydrogens (tertiary/aromatic N) is 4. The second-order valence-corrected chi connectivity index (χ2v) is 6.61. The fourth-order valence-electron chi connectivity index (χ4n) is 3.81. The molecule has 2 aromatic carbocycles. The van der Waals surface area contributed by atoms with Crippen LogP contribution in [0.15, 0.2) is 48.8 Å². The van der Waals surface area contributed by atoms with Crippen molar-refractivity contribution in [1.82, 2.24) is 25.0 Å². The Bertz CT molecular complexity index is 914. The van der Waals surface area contributed by atoms with Gasteiger partial charge in [0.2, 0.25) is 0 Å². The van der Waals surface area contributed by atoms with Crippen molar-refractivity contribution in [3.8, 4) is 0 Å². The summed E-state index contributed by atoms with van der Waals surface area (Å²) in [6.45, 7) is 4.00. The number of aromatic nitrogens is 3. The van der Waals surface area contributed by atoms with Gasteiger partial charge in [0.05, 0.1) is 12.6 Å². The molecule has 1 atom stereocenters. The molecule has 6 nitrogen and oxygen atoms in total. The van der Waals surface area contributed by atoms with E-state index in [0.29, 0.717) is 6.54 Å². The first kappa shape index (κ1) is 16.6. The third-order valence-electron chi connectivity index (χ3n) is 5.13. The highest BCUT2D eigenvalue weighted by molar-refractivity contribution is 5.87. The summed E-state index contributed by atoms with van der Waals surface area (Å²) >= 11 is 0. The summed E-state index contributed by atoms with van der Waals surface area (Å²) in [4.78, 5) is 14.8. The van der Waals surface area contributed by atoms with Gasteiger partial charge in [-0.1, -0.05) is 42.5 Å². The van der Waals surface area contributed by atoms with Gasteiger partial charge in [-0.15, -0.1) is 10.2 Å². The first-order valence-electron chi connectivity index (χ1n) is 9.16. The van der Waals surface area contributed by atoms with Crippen molar-refractivity contribution < 1.29 is 4.79 Å². The van der Waals surface area contributed by atoms with E-state index in [2.05, 4.69) is 58.0 Å². The third-order valence-corrected chi connectivity index (χ3v) is 5.13. The van der Waals surface area contributed by atoms with Crippen LogP contribution in [-0.2, 0) is 13.1 Å². The van der Waals surface area contributed by atoms with E-state index < -0.39 is 0 Å². The summed E-state index contributed by atoms with van der Waals surface area (Å²) in [5.41, 5.74) is 1.23. The van der Waals surface area contributed by atoms with Crippen LogP contribution in [-0.4, -0.2) is 32.2 Å². The van der Waals surface area contributed by atoms with Crippen LogP contribution < -0.4 is 5.32 Å². The number of nitrogens with one attached hydrogen (secondary N) is 1. The number of carbonyl (C=O) groups excluding carboxylic acids is 1. The van der Waals surface area contributed by atoms with Crippen molar-refractivity contribution in [3.05, 3.63) is 60.2 Å². The maximum absolute atomic E-state index is 12.8. The van der Waals surface area contributed by atoms with Gasteiger partial charge < -0.3 is 14.8 Å². The minimum Gasteiger partial charge on any atom is -0.331 e. The van der Waals surface area contributed by atoms with Crippen molar-refractivity contribution in [1.29, 1.82) is 0 Å². The molecule has 3 aromatic rings. The molecule has 4 rings (SSSR count). The van der Waals surface area contributed by atoms with Crippen LogP contribution in [0.3, 0.4) is 0 Å². The summed E-state index contributed by atoms with van der Waals surface area (Å²) in [5, 5.41) is 13.5. The first-order valence-corrected chi connectivity index (χ1v) is 9.16. The van der Waals surface area contributed by atoms with Gasteiger partial charge in [-0.2, -0.15) is 0 Å². The number of rotatable bonds is 4. The lowest BCUT2D eigenvalue weighted by Gasteiger charge is -2.26. The molecule has 2 amide bonds. The number of benzene rings is 2. The number of amides is 2. The molecular formula is C20H23N5O. The first-order chi connectivity index (χ1) is 12.8. The lowest BCUT2D eigenvalue weighted by molar-refractivity contribution is 0.192. The number of hydrogen-bond acceptors (Lipinski definition) is 3. The fraction of sp³-hybridized carbons (Fsp3) is 0.350. The number of fused-ring (bicyclic) bond motifs is 1. The molecule has 0 unspecified atom stereocenters. The van der Waals surface area contributed by atoms with Crippen LogP contribution in [0.25, 0.3) is 10.8 Å². The van der Waals surface area contributed by atoms with Gasteiger partial charge in [-0.25, -0.2) is 4.79 Å². The fourth-order valence-corrected chi connectivity index (χ4v) is 3.81. The van der Waals surface area contributed by atoms with Crippen LogP contribution in [0.1, 0.15) is 37.2 Å². The molecule has 134 valence electrons. The van der Waals surface area contributed by atoms with Crippen molar-refractivity contribution >= 4 is 16.8 Å². The van der Waals surface area contributed by atoms with Gasteiger partial charge in [-0.3, -0.25) is 0 Å². The molecule has 6 heteroatoms. The van der Waals surface area contributed by atoms with E-state index in [1.807, 2.05) is 16.4 Å². The van der Waals surface area contributed by atoms with E-state index in [0.717, 1.165) is 31.8 Å². The molecule has 1 aliphatic heterocycles. The average molecular weight is 349 g/mol. The highest BCUT2D eigenvalue weighted by atomic mass is 16.2. The standard InChI is InChI=1S/C20H23N5O/c1-2-24-14-22-23-19(24)13-21-20(26)25-12-6-11-18(25)17-10-5-8-15-7-3-4-9-16(15)17/h3-5,7-10,14,18H,2,6,11-13H2,1H3,(H,21,26)/t18-/m0/s1. The van der Waals surface area contributed by atoms with Crippen LogP contribution in [0.5, 0.6) is 0 Å². The Kier molecular flexibility index (Phi) is 4.56. The van der Waals surface area contributed by atoms with Crippen LogP contribution in [0.2, 0.25) is 0 Å². The lowest BCUT2D eigenvalue weighted by atomic mass is 9.97. The molecule has 0 bridgehead atoms. The SMILES string of the molecule is CCn1cnnc1CNC(=O)N1CCC[C@H]1c1cccc2ccccc12. The molecule has 0 aliphatic carbocycles. The number of hydrogen-bond donors (Lipinski definition) is 1. The number of carbonyl (C=O) groups is 1. The maximum Gasteiger partial charge on any atom is 0.318 e. The largest absolute Gasteiger partial charge is 0.331 e. The van der Waals surface area contributed by atoms with Crippen molar-refractivity contribution in [2.75, 3.05) is 6.54 Å². The molecule has 2 heterocycles. The number of urea groups is 1. The summed E-state index contributed by atoms with van der Waals surface area (Å²) < 4.78 is 1.94. The Morgan fingerprint density at radius 3 is 2.96 bits per heavy atom. The highest BCUT2D eigenvalue weighted by Gasteiger charge is 2.30. The highest BCUT2D eigenvalue weighted by Crippen LogP contribution is 2.35. The molecular weight excluding hydrogens is 326 g/mol. The Hall–Kier alpha value is -2.89. The molecule has 0 saturated carbocycles. The van der Waals surface area contributed by atoms with E-state index in [1.54, 1.807) is 6.33 Å². The smallest absolute Gasteiger partial charge is 0.318 e. The molecule has 1 N–H and O–H groups in total. The summed E-state index contributed by atoms with van der Waals surface area (Å²) in [6, 6.07) is 14.8. The summed E-state index contributed by atoms with van der Waals surface area (Å²) in [7, 11) is 0. The Morgan fingerprint density at radius 1 is 1.23 bits per heavy atom. The number of aryl methyl sites for hydroxylation is 1. The molecule has 1 aliphatic rings. The van der Waals surface area contributed by atoms with Crippen LogP contribution in [0.4, 0.5) is 4.79 Å². The zero-order valence-corrected chi connectivity index (χ0v) is 14.9. The van der Waals surface area contributed by atoms with E-state index in [9.17, 15) is 4.79 Å². The van der Waals surface area contributed by atoms with Crippen molar-refractivity contribution in [2.24, 2.45) is 0 Å². The Labute approximate surface area is 152 Å². The lowest BCUT2D eigenvalue weighted by Crippen LogP contribution is -2.39. The molecule has 1 fully saturated rings. The second-order valence-electron chi connectivity index (χ2n) is 6.61. The van der Waals surface area contributed by atoms with E-state index in [-0.39, 0.29) is 12.1 Å². The quantitative estimate of drug-likeness (QED) is 0.784. The van der Waals surface area contributed by atoms with Gasteiger partial charge in [0.25, 0.3) is 0 Å². The van der Waals surface area contributed by atoms with Gasteiger partial charge in [0.15, 0.2) is 5.82 Å². The zero-order valence-electron chi connectivity index (χ0n) is 14.9. The van der Waals surface area contributed by atoms with E-state index >= 15 is 0 Å². The maximum atomic E-state index is 12.8. The van der Waals surface area contributed by atoms with Crippen LogP contribution in [0, 0.1) is 0 Å². The zero-order chi connectivity index (χ0) is 17.9. The van der Waals surface area contributed by atoms with Crippen LogP contribution >= 0.6 is 0 Å². The second kappa shape index (κ2) is 7.15. The Balaban J connectivity index is 1.53. The predicted octanol–water partition coefficient (Wildman–Crippen LogP) is 3.50. The predicted molar refractivity (Wildman–Crippen MR) is 101 cm³/mol. The van der Waals surface area contributed by atoms with Gasteiger partial charge in [-0.05, 0) is 36.1 Å². The third kappa shape index (κ3) is 3.03. The van der Waals surface area contributed by atoms with Crippen molar-refractivity contribution in [3.63, 3.8) is 0 Å². The van der Waals surface area contributed by atoms with Crippen molar-refractivity contribution in [2.45, 2.75) is 38.9 Å². The van der Waals surface area contributed by atoms with Gasteiger partial charge in [0, 0.05) is 13.1 Å². The summed E-state index contributed by atoms with van der Waals surface area (Å²) in [5.74, 6) is 0.779. The molecule has 26 heavy (non-hydrogen) atoms. The topological polar surface area (TPSA) is 63.1 Å². The summed E-state index contributed by atoms with van der Waals surface area (Å²) in [6.07, 6.45) is 3.70. The minimum atomic E-state index is -0.0360. The van der Waals surface area contributed by atoms with E-state index in [1.165, 1.54) is 16.3 Å².